The predicted molar refractivity (Wildman–Crippen MR) is 93.2 cm³/mol. The number of piperazine rings is 1. The van der Waals surface area contributed by atoms with Crippen molar-refractivity contribution in [1.29, 1.82) is 0 Å². The van der Waals surface area contributed by atoms with Crippen LogP contribution in [0.3, 0.4) is 0 Å². The van der Waals surface area contributed by atoms with Crippen LogP contribution in [0.2, 0.25) is 0 Å². The third-order valence-electron chi connectivity index (χ3n) is 4.64. The van der Waals surface area contributed by atoms with Crippen LogP contribution in [0.4, 0.5) is 0 Å². The second kappa shape index (κ2) is 7.81. The number of benzene rings is 1. The first-order valence-electron chi connectivity index (χ1n) is 8.51. The number of aliphatic hydroxyl groups excluding tert-OH is 1. The van der Waals surface area contributed by atoms with Crippen molar-refractivity contribution in [3.05, 3.63) is 30.0 Å². The number of aliphatic hydroxyl groups is 1. The van der Waals surface area contributed by atoms with Crippen LogP contribution in [0, 0.1) is 0 Å². The van der Waals surface area contributed by atoms with Crippen LogP contribution in [-0.2, 0) is 13.0 Å². The van der Waals surface area contributed by atoms with Gasteiger partial charge in [-0.1, -0.05) is 0 Å². The minimum Gasteiger partial charge on any atom is -0.497 e. The summed E-state index contributed by atoms with van der Waals surface area (Å²) in [7, 11) is 1.70. The number of rotatable bonds is 7. The Morgan fingerprint density at radius 3 is 2.78 bits per heavy atom. The molecule has 0 spiro atoms. The number of aryl methyl sites for hydroxylation is 1. The standard InChI is InChI=1S/C18H27N3O2/c1-23-16-4-5-18-17(13-16)15(14-21(18)11-12-22)3-2-8-20-9-6-19-7-10-20/h4-5,13-14,19,22H,2-3,6-12H2,1H3. The van der Waals surface area contributed by atoms with Gasteiger partial charge in [-0.05, 0) is 43.1 Å². The summed E-state index contributed by atoms with van der Waals surface area (Å²) in [6.07, 6.45) is 4.42. The van der Waals surface area contributed by atoms with E-state index in [0.29, 0.717) is 6.54 Å². The second-order valence-corrected chi connectivity index (χ2v) is 6.15. The van der Waals surface area contributed by atoms with E-state index in [1.54, 1.807) is 7.11 Å². The van der Waals surface area contributed by atoms with Gasteiger partial charge in [0.05, 0.1) is 13.7 Å². The highest BCUT2D eigenvalue weighted by molar-refractivity contribution is 5.85. The van der Waals surface area contributed by atoms with Crippen LogP contribution in [-0.4, -0.2) is 61.0 Å². The van der Waals surface area contributed by atoms with Gasteiger partial charge in [0, 0.05) is 49.8 Å². The number of fused-ring (bicyclic) bond motifs is 1. The quantitative estimate of drug-likeness (QED) is 0.812. The van der Waals surface area contributed by atoms with E-state index in [9.17, 15) is 5.11 Å². The van der Waals surface area contributed by atoms with E-state index < -0.39 is 0 Å². The number of aromatic nitrogens is 1. The first-order chi connectivity index (χ1) is 11.3. The molecule has 1 fully saturated rings. The van der Waals surface area contributed by atoms with Crippen molar-refractivity contribution in [3.8, 4) is 5.75 Å². The Bertz CT molecular complexity index is 632. The van der Waals surface area contributed by atoms with Gasteiger partial charge in [0.1, 0.15) is 5.75 Å². The molecule has 0 amide bonds. The van der Waals surface area contributed by atoms with Crippen molar-refractivity contribution < 1.29 is 9.84 Å². The molecule has 126 valence electrons. The Hall–Kier alpha value is -1.56. The summed E-state index contributed by atoms with van der Waals surface area (Å²) in [5, 5.41) is 13.9. The largest absolute Gasteiger partial charge is 0.497 e. The first kappa shape index (κ1) is 16.3. The van der Waals surface area contributed by atoms with Crippen LogP contribution < -0.4 is 10.1 Å². The van der Waals surface area contributed by atoms with E-state index in [4.69, 9.17) is 4.74 Å². The zero-order valence-corrected chi connectivity index (χ0v) is 13.9. The average Bonchev–Trinajstić information content (AvgIpc) is 2.93. The topological polar surface area (TPSA) is 49.7 Å². The summed E-state index contributed by atoms with van der Waals surface area (Å²) in [6.45, 7) is 6.47. The number of methoxy groups -OCH3 is 1. The molecule has 5 nitrogen and oxygen atoms in total. The molecule has 3 rings (SSSR count). The van der Waals surface area contributed by atoms with Crippen molar-refractivity contribution in [1.82, 2.24) is 14.8 Å². The van der Waals surface area contributed by atoms with Gasteiger partial charge < -0.3 is 24.6 Å². The number of nitrogens with one attached hydrogen (secondary N) is 1. The lowest BCUT2D eigenvalue weighted by Crippen LogP contribution is -2.43. The maximum atomic E-state index is 9.28. The van der Waals surface area contributed by atoms with Gasteiger partial charge in [-0.2, -0.15) is 0 Å². The number of ether oxygens (including phenoxy) is 1. The Morgan fingerprint density at radius 1 is 1.22 bits per heavy atom. The molecule has 1 aliphatic rings. The van der Waals surface area contributed by atoms with Crippen molar-refractivity contribution in [2.75, 3.05) is 46.4 Å². The van der Waals surface area contributed by atoms with Gasteiger partial charge in [0.25, 0.3) is 0 Å². The van der Waals surface area contributed by atoms with Crippen LogP contribution >= 0.6 is 0 Å². The van der Waals surface area contributed by atoms with Crippen molar-refractivity contribution >= 4 is 10.9 Å². The van der Waals surface area contributed by atoms with Crippen LogP contribution in [0.1, 0.15) is 12.0 Å². The molecule has 23 heavy (non-hydrogen) atoms. The van der Waals surface area contributed by atoms with E-state index in [1.807, 2.05) is 6.07 Å². The third-order valence-corrected chi connectivity index (χ3v) is 4.64. The zero-order valence-electron chi connectivity index (χ0n) is 13.9. The van der Waals surface area contributed by atoms with E-state index >= 15 is 0 Å². The molecular formula is C18H27N3O2. The monoisotopic (exact) mass is 317 g/mol. The molecule has 2 N–H and O–H groups in total. The van der Waals surface area contributed by atoms with Crippen molar-refractivity contribution in [2.45, 2.75) is 19.4 Å². The number of hydrogen-bond acceptors (Lipinski definition) is 4. The Balaban J connectivity index is 1.72. The molecule has 1 aromatic carbocycles. The summed E-state index contributed by atoms with van der Waals surface area (Å²) >= 11 is 0. The van der Waals surface area contributed by atoms with E-state index in [0.717, 1.165) is 51.3 Å². The molecule has 0 saturated carbocycles. The molecule has 0 atom stereocenters. The zero-order chi connectivity index (χ0) is 16.1. The summed E-state index contributed by atoms with van der Waals surface area (Å²) in [4.78, 5) is 2.53. The Labute approximate surface area is 137 Å². The summed E-state index contributed by atoms with van der Waals surface area (Å²) in [6, 6.07) is 6.19. The van der Waals surface area contributed by atoms with Gasteiger partial charge in [-0.15, -0.1) is 0 Å². The van der Waals surface area contributed by atoms with Gasteiger partial charge in [0.15, 0.2) is 0 Å². The van der Waals surface area contributed by atoms with Gasteiger partial charge in [-0.25, -0.2) is 0 Å². The molecule has 1 saturated heterocycles. The molecule has 0 unspecified atom stereocenters. The van der Waals surface area contributed by atoms with Gasteiger partial charge >= 0.3 is 0 Å². The number of hydrogen-bond donors (Lipinski definition) is 2. The fourth-order valence-corrected chi connectivity index (χ4v) is 3.40. The molecule has 0 aliphatic carbocycles. The smallest absolute Gasteiger partial charge is 0.119 e. The fraction of sp³-hybridized carbons (Fsp3) is 0.556. The normalized spacial score (nSPS) is 16.1. The highest BCUT2D eigenvalue weighted by Crippen LogP contribution is 2.27. The van der Waals surface area contributed by atoms with E-state index in [2.05, 4.69) is 33.1 Å². The lowest BCUT2D eigenvalue weighted by Gasteiger charge is -2.26. The third kappa shape index (κ3) is 3.86. The van der Waals surface area contributed by atoms with Crippen LogP contribution in [0.25, 0.3) is 10.9 Å². The lowest BCUT2D eigenvalue weighted by molar-refractivity contribution is 0.238. The fourth-order valence-electron chi connectivity index (χ4n) is 3.40. The molecule has 0 radical (unpaired) electrons. The highest BCUT2D eigenvalue weighted by Gasteiger charge is 2.12. The molecule has 0 bridgehead atoms. The predicted octanol–water partition coefficient (Wildman–Crippen LogP) is 1.48. The van der Waals surface area contributed by atoms with E-state index in [1.165, 1.54) is 16.5 Å². The number of nitrogens with zero attached hydrogens (tertiary/aromatic N) is 2. The maximum absolute atomic E-state index is 9.28. The second-order valence-electron chi connectivity index (χ2n) is 6.15. The van der Waals surface area contributed by atoms with Gasteiger partial charge in [0.2, 0.25) is 0 Å². The lowest BCUT2D eigenvalue weighted by atomic mass is 10.1. The molecule has 1 aromatic heterocycles. The summed E-state index contributed by atoms with van der Waals surface area (Å²) in [5.41, 5.74) is 2.53. The van der Waals surface area contributed by atoms with Crippen LogP contribution in [0.15, 0.2) is 24.4 Å². The Kier molecular flexibility index (Phi) is 5.54. The Morgan fingerprint density at radius 2 is 2.04 bits per heavy atom. The SMILES string of the molecule is COc1ccc2c(c1)c(CCCN1CCNCC1)cn2CCO. The minimum absolute atomic E-state index is 0.163. The molecule has 2 heterocycles. The van der Waals surface area contributed by atoms with Crippen molar-refractivity contribution in [2.24, 2.45) is 0 Å². The maximum Gasteiger partial charge on any atom is 0.119 e. The summed E-state index contributed by atoms with van der Waals surface area (Å²) < 4.78 is 7.52. The summed E-state index contributed by atoms with van der Waals surface area (Å²) in [5.74, 6) is 0.891. The molecule has 2 aromatic rings. The molecule has 5 heteroatoms. The molecular weight excluding hydrogens is 290 g/mol. The molecule has 1 aliphatic heterocycles. The van der Waals surface area contributed by atoms with Gasteiger partial charge in [-0.3, -0.25) is 0 Å². The van der Waals surface area contributed by atoms with Crippen LogP contribution in [0.5, 0.6) is 5.75 Å². The highest BCUT2D eigenvalue weighted by atomic mass is 16.5. The minimum atomic E-state index is 0.163. The average molecular weight is 317 g/mol. The van der Waals surface area contributed by atoms with E-state index in [-0.39, 0.29) is 6.61 Å². The first-order valence-corrected chi connectivity index (χ1v) is 8.51. The van der Waals surface area contributed by atoms with Crippen molar-refractivity contribution in [3.63, 3.8) is 0 Å².